The van der Waals surface area contributed by atoms with Crippen LogP contribution in [0, 0.1) is 0 Å². The van der Waals surface area contributed by atoms with Crippen molar-refractivity contribution in [3.05, 3.63) is 23.8 Å². The molecule has 0 aliphatic rings. The molecule has 19 heavy (non-hydrogen) atoms. The Morgan fingerprint density at radius 3 is 2.79 bits per heavy atom. The summed E-state index contributed by atoms with van der Waals surface area (Å²) in [6.45, 7) is 1.95. The van der Waals surface area contributed by atoms with Crippen molar-refractivity contribution in [3.8, 4) is 0 Å². The van der Waals surface area contributed by atoms with Crippen molar-refractivity contribution in [1.82, 2.24) is 9.55 Å². The molecule has 0 fully saturated rings. The van der Waals surface area contributed by atoms with Crippen LogP contribution in [0.15, 0.2) is 18.2 Å². The molecule has 0 spiro atoms. The Labute approximate surface area is 109 Å². The van der Waals surface area contributed by atoms with E-state index in [0.29, 0.717) is 16.6 Å². The zero-order valence-corrected chi connectivity index (χ0v) is 10.4. The van der Waals surface area contributed by atoms with Gasteiger partial charge in [-0.1, -0.05) is 0 Å². The summed E-state index contributed by atoms with van der Waals surface area (Å²) >= 11 is 0. The number of rotatable bonds is 4. The molecule has 0 saturated carbocycles. The van der Waals surface area contributed by atoms with E-state index in [9.17, 15) is 9.59 Å². The Kier molecular flexibility index (Phi) is 3.37. The van der Waals surface area contributed by atoms with Gasteiger partial charge in [-0.3, -0.25) is 14.2 Å². The highest BCUT2D eigenvalue weighted by Gasteiger charge is 2.13. The minimum Gasteiger partial charge on any atom is -0.465 e. The van der Waals surface area contributed by atoms with Gasteiger partial charge in [0.2, 0.25) is 11.9 Å². The number of carbonyl (C=O) groups excluding carboxylic acids is 2. The number of hydrogen-bond donors (Lipinski definition) is 2. The predicted octanol–water partition coefficient (Wildman–Crippen LogP) is 0.281. The first-order valence-electron chi connectivity index (χ1n) is 5.74. The fraction of sp³-hybridized carbons (Fsp3) is 0.250. The van der Waals surface area contributed by atoms with Crippen molar-refractivity contribution in [2.75, 3.05) is 12.3 Å². The third kappa shape index (κ3) is 2.49. The summed E-state index contributed by atoms with van der Waals surface area (Å²) in [5.74, 6) is -0.785. The van der Waals surface area contributed by atoms with Crippen LogP contribution < -0.4 is 11.5 Å². The van der Waals surface area contributed by atoms with Crippen molar-refractivity contribution in [2.45, 2.75) is 13.5 Å². The van der Waals surface area contributed by atoms with Crippen LogP contribution >= 0.6 is 0 Å². The first kappa shape index (κ1) is 12.9. The molecule has 2 rings (SSSR count). The number of amides is 1. The van der Waals surface area contributed by atoms with Gasteiger partial charge in [0.15, 0.2) is 0 Å². The molecule has 1 heterocycles. The first-order valence-corrected chi connectivity index (χ1v) is 5.74. The smallest absolute Gasteiger partial charge is 0.326 e. The number of carbonyl (C=O) groups is 2. The van der Waals surface area contributed by atoms with Gasteiger partial charge >= 0.3 is 5.97 Å². The number of nitrogens with two attached hydrogens (primary N) is 2. The van der Waals surface area contributed by atoms with Crippen LogP contribution in [-0.2, 0) is 16.1 Å². The topological polar surface area (TPSA) is 113 Å². The van der Waals surface area contributed by atoms with Gasteiger partial charge in [0.05, 0.1) is 17.6 Å². The number of ether oxygens (including phenoxy) is 1. The van der Waals surface area contributed by atoms with Crippen molar-refractivity contribution < 1.29 is 14.3 Å². The number of nitrogens with zero attached hydrogens (tertiary/aromatic N) is 2. The summed E-state index contributed by atoms with van der Waals surface area (Å²) in [7, 11) is 0. The van der Waals surface area contributed by atoms with E-state index in [0.717, 1.165) is 0 Å². The Morgan fingerprint density at radius 1 is 1.42 bits per heavy atom. The Bertz CT molecular complexity index is 648. The fourth-order valence-electron chi connectivity index (χ4n) is 1.80. The van der Waals surface area contributed by atoms with E-state index in [1.165, 1.54) is 4.57 Å². The molecule has 1 aromatic heterocycles. The third-order valence-electron chi connectivity index (χ3n) is 2.65. The average Bonchev–Trinajstić information content (AvgIpc) is 2.65. The second kappa shape index (κ2) is 4.97. The highest BCUT2D eigenvalue weighted by Crippen LogP contribution is 2.19. The lowest BCUT2D eigenvalue weighted by atomic mass is 10.2. The maximum atomic E-state index is 11.5. The van der Waals surface area contributed by atoms with Crippen LogP contribution in [0.4, 0.5) is 5.95 Å². The van der Waals surface area contributed by atoms with Crippen molar-refractivity contribution in [2.24, 2.45) is 5.73 Å². The number of hydrogen-bond acceptors (Lipinski definition) is 5. The number of imidazole rings is 1. The first-order chi connectivity index (χ1) is 9.02. The zero-order valence-electron chi connectivity index (χ0n) is 10.4. The van der Waals surface area contributed by atoms with Crippen LogP contribution in [0.1, 0.15) is 17.3 Å². The van der Waals surface area contributed by atoms with Gasteiger partial charge in [-0.05, 0) is 25.1 Å². The van der Waals surface area contributed by atoms with Gasteiger partial charge in [0.25, 0.3) is 0 Å². The number of primary amides is 1. The van der Waals surface area contributed by atoms with Crippen molar-refractivity contribution in [1.29, 1.82) is 0 Å². The molecule has 0 radical (unpaired) electrons. The van der Waals surface area contributed by atoms with E-state index >= 15 is 0 Å². The minimum atomic E-state index is -0.552. The molecule has 2 aromatic rings. The highest BCUT2D eigenvalue weighted by atomic mass is 16.5. The quantitative estimate of drug-likeness (QED) is 0.768. The average molecular weight is 262 g/mol. The minimum absolute atomic E-state index is 0.0572. The summed E-state index contributed by atoms with van der Waals surface area (Å²) in [6, 6.07) is 4.75. The van der Waals surface area contributed by atoms with E-state index < -0.39 is 11.9 Å². The summed E-state index contributed by atoms with van der Waals surface area (Å²) < 4.78 is 6.35. The Balaban J connectivity index is 2.46. The lowest BCUT2D eigenvalue weighted by Gasteiger charge is -2.06. The number of aromatic nitrogens is 2. The largest absolute Gasteiger partial charge is 0.465 e. The van der Waals surface area contributed by atoms with E-state index in [4.69, 9.17) is 16.2 Å². The van der Waals surface area contributed by atoms with Gasteiger partial charge in [0.1, 0.15) is 6.54 Å². The normalized spacial score (nSPS) is 10.6. The standard InChI is InChI=1S/C12H14N4O3/c1-2-19-10(17)6-16-9-5-7(11(13)18)3-4-8(9)15-12(16)14/h3-5H,2,6H2,1H3,(H2,13,18)(H2,14,15). The molecule has 0 unspecified atom stereocenters. The van der Waals surface area contributed by atoms with Gasteiger partial charge in [-0.15, -0.1) is 0 Å². The molecular formula is C12H14N4O3. The number of fused-ring (bicyclic) bond motifs is 1. The fourth-order valence-corrected chi connectivity index (χ4v) is 1.80. The van der Waals surface area contributed by atoms with Crippen LogP contribution in [0.5, 0.6) is 0 Å². The lowest BCUT2D eigenvalue weighted by Crippen LogP contribution is -2.15. The predicted molar refractivity (Wildman–Crippen MR) is 69.3 cm³/mol. The molecule has 0 saturated heterocycles. The van der Waals surface area contributed by atoms with Crippen LogP contribution in [0.2, 0.25) is 0 Å². The van der Waals surface area contributed by atoms with Crippen molar-refractivity contribution in [3.63, 3.8) is 0 Å². The van der Waals surface area contributed by atoms with Crippen LogP contribution in [0.25, 0.3) is 11.0 Å². The molecule has 1 aromatic carbocycles. The number of esters is 1. The molecule has 0 bridgehead atoms. The van der Waals surface area contributed by atoms with E-state index in [1.54, 1.807) is 25.1 Å². The molecular weight excluding hydrogens is 248 g/mol. The Hall–Kier alpha value is -2.57. The molecule has 0 atom stereocenters. The van der Waals surface area contributed by atoms with Gasteiger partial charge in [-0.2, -0.15) is 0 Å². The lowest BCUT2D eigenvalue weighted by molar-refractivity contribution is -0.143. The number of anilines is 1. The maximum absolute atomic E-state index is 11.5. The van der Waals surface area contributed by atoms with Gasteiger partial charge < -0.3 is 16.2 Å². The van der Waals surface area contributed by atoms with Gasteiger partial charge in [0, 0.05) is 5.56 Å². The van der Waals surface area contributed by atoms with Crippen LogP contribution in [0.3, 0.4) is 0 Å². The maximum Gasteiger partial charge on any atom is 0.326 e. The molecule has 100 valence electrons. The van der Waals surface area contributed by atoms with Gasteiger partial charge in [-0.25, -0.2) is 4.98 Å². The summed E-state index contributed by atoms with van der Waals surface area (Å²) in [6.07, 6.45) is 0. The number of nitrogen functional groups attached to an aromatic ring is 1. The summed E-state index contributed by atoms with van der Waals surface area (Å²) in [4.78, 5) is 26.8. The van der Waals surface area contributed by atoms with Crippen molar-refractivity contribution >= 4 is 28.9 Å². The highest BCUT2D eigenvalue weighted by molar-refractivity contribution is 5.96. The van der Waals surface area contributed by atoms with E-state index in [-0.39, 0.29) is 19.1 Å². The summed E-state index contributed by atoms with van der Waals surface area (Å²) in [5, 5.41) is 0. The third-order valence-corrected chi connectivity index (χ3v) is 2.65. The number of benzene rings is 1. The SMILES string of the molecule is CCOC(=O)Cn1c(N)nc2ccc(C(N)=O)cc21. The summed E-state index contributed by atoms with van der Waals surface area (Å²) in [5.41, 5.74) is 12.5. The monoisotopic (exact) mass is 262 g/mol. The zero-order chi connectivity index (χ0) is 14.0. The Morgan fingerprint density at radius 2 is 2.16 bits per heavy atom. The molecule has 7 heteroatoms. The molecule has 0 aliphatic carbocycles. The molecule has 4 N–H and O–H groups in total. The second-order valence-corrected chi connectivity index (χ2v) is 3.93. The van der Waals surface area contributed by atoms with E-state index in [2.05, 4.69) is 4.98 Å². The molecule has 7 nitrogen and oxygen atoms in total. The molecule has 0 aliphatic heterocycles. The second-order valence-electron chi connectivity index (χ2n) is 3.93. The molecule has 1 amide bonds. The van der Waals surface area contributed by atoms with E-state index in [1.807, 2.05) is 0 Å². The van der Waals surface area contributed by atoms with Crippen LogP contribution in [-0.4, -0.2) is 28.0 Å².